The van der Waals surface area contributed by atoms with E-state index in [1.165, 1.54) is 11.1 Å². The third-order valence-corrected chi connectivity index (χ3v) is 5.69. The SMILES string of the molecule is O=c1c2ccccc2cnn1Cc1n[nH]c(=S)n1[C@@H]1C[C@@H]2C=C[C@H]1C2. The molecule has 126 valence electrons. The Morgan fingerprint density at radius 2 is 2.12 bits per heavy atom. The summed E-state index contributed by atoms with van der Waals surface area (Å²) in [4.78, 5) is 12.7. The van der Waals surface area contributed by atoms with Crippen molar-refractivity contribution in [3.05, 3.63) is 63.6 Å². The molecule has 3 aromatic rings. The highest BCUT2D eigenvalue weighted by Crippen LogP contribution is 2.46. The number of aromatic nitrogens is 5. The predicted molar refractivity (Wildman–Crippen MR) is 96.9 cm³/mol. The topological polar surface area (TPSA) is 68.5 Å². The van der Waals surface area contributed by atoms with E-state index >= 15 is 0 Å². The maximum atomic E-state index is 12.7. The number of nitrogens with zero attached hydrogens (tertiary/aromatic N) is 4. The van der Waals surface area contributed by atoms with Crippen LogP contribution in [-0.4, -0.2) is 24.5 Å². The molecule has 2 aliphatic carbocycles. The quantitative estimate of drug-likeness (QED) is 0.582. The number of hydrogen-bond acceptors (Lipinski definition) is 4. The second kappa shape index (κ2) is 5.49. The van der Waals surface area contributed by atoms with Gasteiger partial charge in [-0.2, -0.15) is 10.2 Å². The van der Waals surface area contributed by atoms with Gasteiger partial charge in [-0.3, -0.25) is 14.5 Å². The normalized spacial score (nSPS) is 24.4. The average Bonchev–Trinajstić information content (AvgIpc) is 3.33. The Morgan fingerprint density at radius 1 is 1.24 bits per heavy atom. The first-order valence-corrected chi connectivity index (χ1v) is 8.90. The highest BCUT2D eigenvalue weighted by Gasteiger charge is 2.38. The molecule has 2 bridgehead atoms. The Hall–Kier alpha value is -2.54. The molecule has 7 heteroatoms. The molecule has 1 aromatic carbocycles. The lowest BCUT2D eigenvalue weighted by atomic mass is 10.0. The van der Waals surface area contributed by atoms with Gasteiger partial charge in [0.25, 0.3) is 5.56 Å². The summed E-state index contributed by atoms with van der Waals surface area (Å²) in [5.41, 5.74) is -0.105. The van der Waals surface area contributed by atoms with Gasteiger partial charge in [-0.1, -0.05) is 30.4 Å². The monoisotopic (exact) mass is 351 g/mol. The first kappa shape index (κ1) is 14.8. The van der Waals surface area contributed by atoms with Crippen molar-refractivity contribution in [2.45, 2.75) is 25.4 Å². The minimum absolute atomic E-state index is 0.105. The number of nitrogens with one attached hydrogen (secondary N) is 1. The number of hydrogen-bond donors (Lipinski definition) is 1. The molecule has 2 aliphatic rings. The number of allylic oxidation sites excluding steroid dienone is 2. The molecule has 1 fully saturated rings. The fourth-order valence-corrected chi connectivity index (χ4v) is 4.50. The van der Waals surface area contributed by atoms with Crippen LogP contribution in [0.15, 0.2) is 47.4 Å². The van der Waals surface area contributed by atoms with Gasteiger partial charge < -0.3 is 0 Å². The van der Waals surface area contributed by atoms with Gasteiger partial charge in [0.2, 0.25) is 0 Å². The van der Waals surface area contributed by atoms with Crippen LogP contribution in [0.2, 0.25) is 0 Å². The molecular weight excluding hydrogens is 334 g/mol. The van der Waals surface area contributed by atoms with Crippen molar-refractivity contribution in [1.82, 2.24) is 24.5 Å². The summed E-state index contributed by atoms with van der Waals surface area (Å²) in [6, 6.07) is 7.82. The third-order valence-electron chi connectivity index (χ3n) is 5.41. The standard InChI is InChI=1S/C18H17N5OS/c24-17-14-4-2-1-3-13(14)9-19-22(17)10-16-20-21-18(25)23(16)15-8-11-5-6-12(15)7-11/h1-6,9,11-12,15H,7-8,10H2,(H,21,25)/t11-,12+,15-/m1/s1. The van der Waals surface area contributed by atoms with Gasteiger partial charge in [0.05, 0.1) is 11.6 Å². The van der Waals surface area contributed by atoms with E-state index in [2.05, 4.69) is 32.0 Å². The second-order valence-electron chi connectivity index (χ2n) is 6.86. The fourth-order valence-electron chi connectivity index (χ4n) is 4.21. The van der Waals surface area contributed by atoms with Crippen LogP contribution in [0.3, 0.4) is 0 Å². The average molecular weight is 351 g/mol. The number of rotatable bonds is 3. The molecular formula is C18H17N5OS. The van der Waals surface area contributed by atoms with E-state index in [9.17, 15) is 4.79 Å². The number of aromatic amines is 1. The Morgan fingerprint density at radius 3 is 2.92 bits per heavy atom. The summed E-state index contributed by atoms with van der Waals surface area (Å²) in [6.07, 6.45) is 8.59. The lowest BCUT2D eigenvalue weighted by Gasteiger charge is -2.21. The van der Waals surface area contributed by atoms with Gasteiger partial charge >= 0.3 is 0 Å². The third kappa shape index (κ3) is 2.30. The van der Waals surface area contributed by atoms with Crippen LogP contribution in [-0.2, 0) is 6.54 Å². The van der Waals surface area contributed by atoms with Crippen LogP contribution in [0, 0.1) is 16.6 Å². The molecule has 0 radical (unpaired) electrons. The molecule has 0 amide bonds. The van der Waals surface area contributed by atoms with Crippen LogP contribution in [0.4, 0.5) is 0 Å². The molecule has 0 spiro atoms. The lowest BCUT2D eigenvalue weighted by molar-refractivity contribution is 0.407. The van der Waals surface area contributed by atoms with Gasteiger partial charge in [0.1, 0.15) is 6.54 Å². The molecule has 25 heavy (non-hydrogen) atoms. The summed E-state index contributed by atoms with van der Waals surface area (Å²) in [5.74, 6) is 1.91. The molecule has 6 nitrogen and oxygen atoms in total. The number of H-pyrrole nitrogens is 1. The van der Waals surface area contributed by atoms with Crippen LogP contribution < -0.4 is 5.56 Å². The highest BCUT2D eigenvalue weighted by atomic mass is 32.1. The summed E-state index contributed by atoms with van der Waals surface area (Å²) in [7, 11) is 0. The lowest BCUT2D eigenvalue weighted by Crippen LogP contribution is -2.26. The van der Waals surface area contributed by atoms with Crippen molar-refractivity contribution in [2.24, 2.45) is 11.8 Å². The molecule has 0 unspecified atom stereocenters. The van der Waals surface area contributed by atoms with Gasteiger partial charge in [-0.05, 0) is 43.0 Å². The van der Waals surface area contributed by atoms with Gasteiger partial charge in [-0.15, -0.1) is 0 Å². The maximum Gasteiger partial charge on any atom is 0.275 e. The summed E-state index contributed by atoms with van der Waals surface area (Å²) < 4.78 is 4.18. The van der Waals surface area contributed by atoms with Gasteiger partial charge in [0, 0.05) is 11.4 Å². The van der Waals surface area contributed by atoms with E-state index < -0.39 is 0 Å². The molecule has 5 rings (SSSR count). The largest absolute Gasteiger partial charge is 0.299 e. The summed E-state index contributed by atoms with van der Waals surface area (Å²) in [5, 5.41) is 13.1. The highest BCUT2D eigenvalue weighted by molar-refractivity contribution is 7.71. The maximum absolute atomic E-state index is 12.7. The predicted octanol–water partition coefficient (Wildman–Crippen LogP) is 2.84. The van der Waals surface area contributed by atoms with Crippen molar-refractivity contribution in [1.29, 1.82) is 0 Å². The van der Waals surface area contributed by atoms with Crippen LogP contribution in [0.25, 0.3) is 10.8 Å². The Labute approximate surface area is 148 Å². The van der Waals surface area contributed by atoms with Crippen LogP contribution >= 0.6 is 12.2 Å². The minimum atomic E-state index is -0.105. The van der Waals surface area contributed by atoms with Crippen molar-refractivity contribution in [3.63, 3.8) is 0 Å². The molecule has 0 saturated heterocycles. The summed E-state index contributed by atoms with van der Waals surface area (Å²) in [6.45, 7) is 0.314. The van der Waals surface area contributed by atoms with Crippen molar-refractivity contribution in [3.8, 4) is 0 Å². The molecule has 2 heterocycles. The van der Waals surface area contributed by atoms with Gasteiger partial charge in [0.15, 0.2) is 10.6 Å². The Bertz CT molecular complexity index is 1110. The first-order valence-electron chi connectivity index (χ1n) is 8.49. The van der Waals surface area contributed by atoms with E-state index in [0.717, 1.165) is 17.6 Å². The van der Waals surface area contributed by atoms with Crippen molar-refractivity contribution >= 4 is 23.0 Å². The molecule has 1 N–H and O–H groups in total. The first-order chi connectivity index (χ1) is 12.2. The van der Waals surface area contributed by atoms with E-state index in [0.29, 0.717) is 34.6 Å². The zero-order valence-corrected chi connectivity index (χ0v) is 14.3. The Kier molecular flexibility index (Phi) is 3.24. The zero-order chi connectivity index (χ0) is 17.0. The molecule has 0 aliphatic heterocycles. The van der Waals surface area contributed by atoms with E-state index in [1.807, 2.05) is 24.3 Å². The Balaban J connectivity index is 1.56. The van der Waals surface area contributed by atoms with Crippen molar-refractivity contribution in [2.75, 3.05) is 0 Å². The van der Waals surface area contributed by atoms with E-state index in [1.54, 1.807) is 6.20 Å². The van der Waals surface area contributed by atoms with Crippen LogP contribution in [0.1, 0.15) is 24.7 Å². The van der Waals surface area contributed by atoms with E-state index in [4.69, 9.17) is 12.2 Å². The number of benzene rings is 1. The summed E-state index contributed by atoms with van der Waals surface area (Å²) >= 11 is 5.46. The molecule has 3 atom stereocenters. The zero-order valence-electron chi connectivity index (χ0n) is 13.5. The van der Waals surface area contributed by atoms with Crippen molar-refractivity contribution < 1.29 is 0 Å². The number of fused-ring (bicyclic) bond motifs is 3. The second-order valence-corrected chi connectivity index (χ2v) is 7.24. The van der Waals surface area contributed by atoms with Gasteiger partial charge in [-0.25, -0.2) is 4.68 Å². The van der Waals surface area contributed by atoms with E-state index in [-0.39, 0.29) is 5.56 Å². The smallest absolute Gasteiger partial charge is 0.275 e. The molecule has 2 aromatic heterocycles. The molecule has 1 saturated carbocycles. The fraction of sp³-hybridized carbons (Fsp3) is 0.333. The van der Waals surface area contributed by atoms with Crippen LogP contribution in [0.5, 0.6) is 0 Å². The minimum Gasteiger partial charge on any atom is -0.299 e.